The van der Waals surface area contributed by atoms with Gasteiger partial charge in [-0.3, -0.25) is 5.41 Å². The molecule has 0 aliphatic heterocycles. The SMILES string of the molecule is Cn1nnc(C(=N)N)c1C(F)(F)F. The Bertz CT molecular complexity index is 338. The van der Waals surface area contributed by atoms with Crippen LogP contribution >= 0.6 is 0 Å². The van der Waals surface area contributed by atoms with E-state index in [1.54, 1.807) is 0 Å². The number of alkyl halides is 3. The third kappa shape index (κ3) is 1.60. The number of nitrogens with zero attached hydrogens (tertiary/aromatic N) is 3. The zero-order valence-corrected chi connectivity index (χ0v) is 6.55. The Hall–Kier alpha value is -1.60. The molecule has 0 unspecified atom stereocenters. The summed E-state index contributed by atoms with van der Waals surface area (Å²) in [7, 11) is 1.09. The monoisotopic (exact) mass is 193 g/mol. The Morgan fingerprint density at radius 1 is 1.54 bits per heavy atom. The standard InChI is InChI=1S/C5H6F3N5/c1-13-3(5(6,7)8)2(4(9)10)11-12-13/h1H3,(H3,9,10). The Morgan fingerprint density at radius 2 is 2.08 bits per heavy atom. The fraction of sp³-hybridized carbons (Fsp3) is 0.400. The van der Waals surface area contributed by atoms with Crippen LogP contribution in [0, 0.1) is 5.41 Å². The summed E-state index contributed by atoms with van der Waals surface area (Å²) in [6, 6.07) is 0. The van der Waals surface area contributed by atoms with Crippen molar-refractivity contribution in [2.75, 3.05) is 0 Å². The molecule has 0 radical (unpaired) electrons. The number of aromatic nitrogens is 3. The number of rotatable bonds is 1. The molecule has 8 heteroatoms. The Kier molecular flexibility index (Phi) is 1.98. The van der Waals surface area contributed by atoms with Crippen molar-refractivity contribution < 1.29 is 13.2 Å². The zero-order chi connectivity index (χ0) is 10.2. The maximum absolute atomic E-state index is 12.2. The number of halogens is 3. The number of nitrogen functional groups attached to an aromatic ring is 1. The fourth-order valence-electron chi connectivity index (χ4n) is 0.856. The summed E-state index contributed by atoms with van der Waals surface area (Å²) in [5.41, 5.74) is 3.14. The summed E-state index contributed by atoms with van der Waals surface area (Å²) in [6.07, 6.45) is -4.60. The molecular formula is C5H6F3N5. The van der Waals surface area contributed by atoms with Gasteiger partial charge < -0.3 is 5.73 Å². The minimum absolute atomic E-state index is 0.538. The van der Waals surface area contributed by atoms with Gasteiger partial charge in [-0.15, -0.1) is 5.10 Å². The van der Waals surface area contributed by atoms with Gasteiger partial charge >= 0.3 is 6.18 Å². The van der Waals surface area contributed by atoms with E-state index < -0.39 is 23.4 Å². The second kappa shape index (κ2) is 2.71. The minimum Gasteiger partial charge on any atom is -0.382 e. The maximum Gasteiger partial charge on any atom is 0.435 e. The van der Waals surface area contributed by atoms with Gasteiger partial charge in [0.15, 0.2) is 11.4 Å². The van der Waals surface area contributed by atoms with Crippen LogP contribution in [0.5, 0.6) is 0 Å². The van der Waals surface area contributed by atoms with E-state index in [1.807, 2.05) is 0 Å². The van der Waals surface area contributed by atoms with E-state index in [4.69, 9.17) is 11.1 Å². The summed E-state index contributed by atoms with van der Waals surface area (Å²) >= 11 is 0. The van der Waals surface area contributed by atoms with Crippen molar-refractivity contribution in [3.63, 3.8) is 0 Å². The quantitative estimate of drug-likeness (QED) is 0.491. The molecule has 0 atom stereocenters. The van der Waals surface area contributed by atoms with Crippen LogP contribution in [0.4, 0.5) is 13.2 Å². The average molecular weight is 193 g/mol. The van der Waals surface area contributed by atoms with Crippen molar-refractivity contribution in [1.29, 1.82) is 5.41 Å². The molecule has 0 saturated carbocycles. The average Bonchev–Trinajstić information content (AvgIpc) is 2.28. The molecule has 0 fully saturated rings. The third-order valence-corrected chi connectivity index (χ3v) is 1.35. The number of nitrogens with two attached hydrogens (primary N) is 1. The number of aryl methyl sites for hydroxylation is 1. The van der Waals surface area contributed by atoms with E-state index in [9.17, 15) is 13.2 Å². The van der Waals surface area contributed by atoms with Crippen molar-refractivity contribution in [1.82, 2.24) is 15.0 Å². The highest BCUT2D eigenvalue weighted by Crippen LogP contribution is 2.30. The van der Waals surface area contributed by atoms with E-state index in [0.717, 1.165) is 7.05 Å². The first-order valence-electron chi connectivity index (χ1n) is 3.15. The molecule has 0 aliphatic carbocycles. The van der Waals surface area contributed by atoms with Gasteiger partial charge in [-0.05, 0) is 0 Å². The predicted molar refractivity (Wildman–Crippen MR) is 37.0 cm³/mol. The number of hydrogen-bond acceptors (Lipinski definition) is 3. The van der Waals surface area contributed by atoms with Crippen molar-refractivity contribution in [2.45, 2.75) is 6.18 Å². The van der Waals surface area contributed by atoms with Gasteiger partial charge in [-0.1, -0.05) is 5.21 Å². The topological polar surface area (TPSA) is 80.6 Å². The van der Waals surface area contributed by atoms with Gasteiger partial charge in [0.25, 0.3) is 0 Å². The Morgan fingerprint density at radius 3 is 2.38 bits per heavy atom. The van der Waals surface area contributed by atoms with Crippen molar-refractivity contribution in [3.8, 4) is 0 Å². The smallest absolute Gasteiger partial charge is 0.382 e. The molecule has 0 spiro atoms. The van der Waals surface area contributed by atoms with Crippen LogP contribution < -0.4 is 5.73 Å². The van der Waals surface area contributed by atoms with Gasteiger partial charge in [0.1, 0.15) is 5.84 Å². The Balaban J connectivity index is 3.33. The number of nitrogens with one attached hydrogen (secondary N) is 1. The lowest BCUT2D eigenvalue weighted by Gasteiger charge is -2.06. The van der Waals surface area contributed by atoms with E-state index in [2.05, 4.69) is 10.3 Å². The van der Waals surface area contributed by atoms with Crippen molar-refractivity contribution in [3.05, 3.63) is 11.4 Å². The van der Waals surface area contributed by atoms with Crippen LogP contribution in [-0.4, -0.2) is 20.8 Å². The van der Waals surface area contributed by atoms with Gasteiger partial charge in [0.05, 0.1) is 0 Å². The molecule has 1 heterocycles. The molecule has 0 amide bonds. The van der Waals surface area contributed by atoms with Crippen LogP contribution in [0.3, 0.4) is 0 Å². The van der Waals surface area contributed by atoms with E-state index >= 15 is 0 Å². The second-order valence-corrected chi connectivity index (χ2v) is 2.32. The highest BCUT2D eigenvalue weighted by Gasteiger charge is 2.39. The molecule has 1 aromatic rings. The van der Waals surface area contributed by atoms with Gasteiger partial charge in [-0.25, -0.2) is 4.68 Å². The summed E-state index contributed by atoms with van der Waals surface area (Å²) in [5, 5.41) is 13.1. The minimum atomic E-state index is -4.60. The lowest BCUT2D eigenvalue weighted by atomic mass is 10.3. The number of amidine groups is 1. The van der Waals surface area contributed by atoms with Gasteiger partial charge in [-0.2, -0.15) is 13.2 Å². The summed E-state index contributed by atoms with van der Waals surface area (Å²) < 4.78 is 37.3. The summed E-state index contributed by atoms with van der Waals surface area (Å²) in [6.45, 7) is 0. The van der Waals surface area contributed by atoms with Crippen LogP contribution in [0.2, 0.25) is 0 Å². The summed E-state index contributed by atoms with van der Waals surface area (Å²) in [4.78, 5) is 0. The molecule has 0 saturated heterocycles. The molecule has 1 rings (SSSR count). The van der Waals surface area contributed by atoms with E-state index in [0.29, 0.717) is 4.68 Å². The predicted octanol–water partition coefficient (Wildman–Crippen LogP) is 0.118. The first-order chi connectivity index (χ1) is 5.84. The largest absolute Gasteiger partial charge is 0.435 e. The molecule has 72 valence electrons. The third-order valence-electron chi connectivity index (χ3n) is 1.35. The Labute approximate surface area is 70.8 Å². The summed E-state index contributed by atoms with van der Waals surface area (Å²) in [5.74, 6) is -0.750. The van der Waals surface area contributed by atoms with Crippen LogP contribution in [0.15, 0.2) is 0 Å². The normalized spacial score (nSPS) is 11.7. The lowest BCUT2D eigenvalue weighted by Crippen LogP contribution is -2.20. The van der Waals surface area contributed by atoms with Crippen LogP contribution in [0.1, 0.15) is 11.4 Å². The molecule has 0 aliphatic rings. The van der Waals surface area contributed by atoms with Gasteiger partial charge in [0, 0.05) is 7.05 Å². The van der Waals surface area contributed by atoms with E-state index in [1.165, 1.54) is 0 Å². The van der Waals surface area contributed by atoms with Crippen LogP contribution in [-0.2, 0) is 13.2 Å². The molecule has 0 aromatic carbocycles. The number of hydrogen-bond donors (Lipinski definition) is 2. The lowest BCUT2D eigenvalue weighted by molar-refractivity contribution is -0.143. The van der Waals surface area contributed by atoms with Crippen LogP contribution in [0.25, 0.3) is 0 Å². The maximum atomic E-state index is 12.2. The highest BCUT2D eigenvalue weighted by atomic mass is 19.4. The molecule has 0 bridgehead atoms. The fourth-order valence-corrected chi connectivity index (χ4v) is 0.856. The first-order valence-corrected chi connectivity index (χ1v) is 3.15. The molecule has 5 nitrogen and oxygen atoms in total. The highest BCUT2D eigenvalue weighted by molar-refractivity contribution is 5.94. The first kappa shape index (κ1) is 9.49. The zero-order valence-electron chi connectivity index (χ0n) is 6.55. The second-order valence-electron chi connectivity index (χ2n) is 2.32. The van der Waals surface area contributed by atoms with Gasteiger partial charge in [0.2, 0.25) is 0 Å². The van der Waals surface area contributed by atoms with Crippen molar-refractivity contribution in [2.24, 2.45) is 12.8 Å². The molecule has 3 N–H and O–H groups in total. The molecular weight excluding hydrogens is 187 g/mol. The van der Waals surface area contributed by atoms with E-state index in [-0.39, 0.29) is 0 Å². The molecule has 1 aromatic heterocycles. The van der Waals surface area contributed by atoms with Crippen molar-refractivity contribution >= 4 is 5.84 Å². The molecule has 13 heavy (non-hydrogen) atoms.